The fourth-order valence-corrected chi connectivity index (χ4v) is 9.73. The Labute approximate surface area is 253 Å². The molecule has 2 aliphatic carbocycles. The first kappa shape index (κ1) is 33.1. The second-order valence-electron chi connectivity index (χ2n) is 12.3. The van der Waals surface area contributed by atoms with Crippen LogP contribution in [0.4, 0.5) is 35.1 Å². The maximum absolute atomic E-state index is 15.0. The summed E-state index contributed by atoms with van der Waals surface area (Å²) in [6.07, 6.45) is -12.7. The first-order valence-corrected chi connectivity index (χ1v) is 15.7. The molecule has 1 aliphatic heterocycles. The highest BCUT2D eigenvalue weighted by atomic mass is 32.2. The molecule has 6 nitrogen and oxygen atoms in total. The quantitative estimate of drug-likeness (QED) is 0.286. The second-order valence-corrected chi connectivity index (χ2v) is 14.6. The minimum Gasteiger partial charge on any atom is -0.481 e. The Morgan fingerprint density at radius 2 is 1.47 bits per heavy atom. The third-order valence-electron chi connectivity index (χ3n) is 9.88. The summed E-state index contributed by atoms with van der Waals surface area (Å²) < 4.78 is 137. The highest BCUT2D eigenvalue weighted by Crippen LogP contribution is 2.57. The van der Waals surface area contributed by atoms with Gasteiger partial charge in [-0.15, -0.1) is 0 Å². The number of nitrogens with zero attached hydrogens (tertiary/aromatic N) is 1. The summed E-state index contributed by atoms with van der Waals surface area (Å²) >= 11 is 0. The summed E-state index contributed by atoms with van der Waals surface area (Å²) in [6, 6.07) is 4.06. The summed E-state index contributed by atoms with van der Waals surface area (Å²) in [5, 5.41) is 9.38. The highest BCUT2D eigenvalue weighted by molar-refractivity contribution is 7.92. The molecule has 3 aliphatic rings. The Balaban J connectivity index is 1.64. The van der Waals surface area contributed by atoms with Crippen LogP contribution in [0.3, 0.4) is 0 Å². The number of hydrogen-bond acceptors (Lipinski definition) is 4. The molecule has 2 aromatic rings. The van der Waals surface area contributed by atoms with Crippen LogP contribution in [0, 0.1) is 17.2 Å². The molecule has 5 rings (SSSR count). The molecular formula is C30H29F8NO5S. The van der Waals surface area contributed by atoms with Crippen LogP contribution in [-0.4, -0.2) is 55.2 Å². The van der Waals surface area contributed by atoms with Crippen LogP contribution < -0.4 is 0 Å². The van der Waals surface area contributed by atoms with Crippen LogP contribution in [0.15, 0.2) is 47.4 Å². The molecule has 2 aromatic carbocycles. The molecule has 0 unspecified atom stereocenters. The van der Waals surface area contributed by atoms with E-state index in [0.717, 1.165) is 30.3 Å². The van der Waals surface area contributed by atoms with Crippen molar-refractivity contribution < 1.29 is 58.2 Å². The fourth-order valence-electron chi connectivity index (χ4n) is 7.36. The van der Waals surface area contributed by atoms with Crippen LogP contribution in [0.1, 0.15) is 62.1 Å². The Hall–Kier alpha value is -3.23. The lowest BCUT2D eigenvalue weighted by atomic mass is 9.70. The average molecular weight is 668 g/mol. The van der Waals surface area contributed by atoms with E-state index in [9.17, 15) is 53.8 Å². The largest absolute Gasteiger partial charge is 0.481 e. The van der Waals surface area contributed by atoms with E-state index < -0.39 is 73.2 Å². The van der Waals surface area contributed by atoms with Crippen LogP contribution in [0.25, 0.3) is 0 Å². The number of carbonyl (C=O) groups is 2. The van der Waals surface area contributed by atoms with E-state index in [2.05, 4.69) is 0 Å². The zero-order chi connectivity index (χ0) is 33.4. The Bertz CT molecular complexity index is 1600. The van der Waals surface area contributed by atoms with Crippen molar-refractivity contribution in [3.8, 4) is 0 Å². The molecule has 1 saturated heterocycles. The third kappa shape index (κ3) is 4.91. The summed E-state index contributed by atoms with van der Waals surface area (Å²) in [7, 11) is -4.61. The second kappa shape index (κ2) is 10.7. The number of amides is 1. The van der Waals surface area contributed by atoms with E-state index in [1.165, 1.54) is 4.90 Å². The molecule has 0 spiro atoms. The van der Waals surface area contributed by atoms with Crippen LogP contribution in [0.2, 0.25) is 0 Å². The maximum Gasteiger partial charge on any atom is 0.435 e. The van der Waals surface area contributed by atoms with Gasteiger partial charge in [0, 0.05) is 17.5 Å². The van der Waals surface area contributed by atoms with Gasteiger partial charge < -0.3 is 10.0 Å². The average Bonchev–Trinajstić information content (AvgIpc) is 3.37. The van der Waals surface area contributed by atoms with Crippen molar-refractivity contribution in [3.63, 3.8) is 0 Å². The molecule has 2 fully saturated rings. The lowest BCUT2D eigenvalue weighted by Gasteiger charge is -2.45. The minimum atomic E-state index is -6.37. The van der Waals surface area contributed by atoms with Crippen molar-refractivity contribution in [2.45, 2.75) is 85.6 Å². The Kier molecular flexibility index (Phi) is 7.85. The predicted octanol–water partition coefficient (Wildman–Crippen LogP) is 6.61. The number of likely N-dealkylation sites (tertiary alicyclic amines) is 1. The molecule has 0 aromatic heterocycles. The van der Waals surface area contributed by atoms with Gasteiger partial charge in [0.25, 0.3) is 0 Å². The van der Waals surface area contributed by atoms with E-state index >= 15 is 4.39 Å². The van der Waals surface area contributed by atoms with E-state index in [1.54, 1.807) is 6.92 Å². The van der Waals surface area contributed by atoms with E-state index in [4.69, 9.17) is 0 Å². The summed E-state index contributed by atoms with van der Waals surface area (Å²) in [5.74, 6) is -2.84. The lowest BCUT2D eigenvalue weighted by molar-refractivity contribution is -0.348. The summed E-state index contributed by atoms with van der Waals surface area (Å²) in [4.78, 5) is 26.5. The van der Waals surface area contributed by atoms with Crippen molar-refractivity contribution >= 4 is 21.7 Å². The molecule has 1 N–H and O–H groups in total. The van der Waals surface area contributed by atoms with Crippen molar-refractivity contribution in [1.29, 1.82) is 0 Å². The molecule has 246 valence electrons. The normalized spacial score (nSPS) is 27.5. The number of alkyl halides is 7. The molecule has 1 amide bonds. The van der Waals surface area contributed by atoms with Crippen molar-refractivity contribution in [2.75, 3.05) is 6.54 Å². The van der Waals surface area contributed by atoms with Gasteiger partial charge in [0.2, 0.25) is 5.91 Å². The number of halogens is 8. The van der Waals surface area contributed by atoms with Gasteiger partial charge in [-0.2, -0.15) is 26.3 Å². The number of carbonyl (C=O) groups excluding carboxylic acids is 1. The first-order valence-electron chi connectivity index (χ1n) is 14.2. The van der Waals surface area contributed by atoms with Gasteiger partial charge in [-0.05, 0) is 80.3 Å². The van der Waals surface area contributed by atoms with Crippen LogP contribution in [0.5, 0.6) is 0 Å². The molecule has 15 heteroatoms. The number of aryl methyl sites for hydroxylation is 1. The SMILES string of the molecule is CC1(C(=O)N2CC[C@@]3(S(=O)(=O)c4ccc(F)cc4)c4ccc(C(F)(C(F)(F)F)C(F)(F)F)cc4CC[C@@H]23)CCC(C(=O)O)CC1. The number of hydrogen-bond donors (Lipinski definition) is 1. The van der Waals surface area contributed by atoms with Crippen molar-refractivity contribution in [3.05, 3.63) is 65.0 Å². The maximum atomic E-state index is 15.0. The predicted molar refractivity (Wildman–Crippen MR) is 143 cm³/mol. The zero-order valence-electron chi connectivity index (χ0n) is 23.8. The summed E-state index contributed by atoms with van der Waals surface area (Å²) in [5.41, 5.74) is -8.92. The molecule has 45 heavy (non-hydrogen) atoms. The highest BCUT2D eigenvalue weighted by Gasteiger charge is 2.74. The first-order chi connectivity index (χ1) is 20.7. The summed E-state index contributed by atoms with van der Waals surface area (Å²) in [6.45, 7) is 1.52. The van der Waals surface area contributed by atoms with E-state index in [1.807, 2.05) is 0 Å². The fraction of sp³-hybridized carbons (Fsp3) is 0.533. The molecule has 1 saturated carbocycles. The minimum absolute atomic E-state index is 0.138. The number of carboxylic acids is 1. The smallest absolute Gasteiger partial charge is 0.435 e. The standard InChI is InChI=1S/C30H29F8NO5S/c1-26(12-10-17(11-13-26)24(40)41)25(42)39-15-14-27(45(43,44)21-6-4-20(31)5-7-21)22-8-3-19(16-18(22)2-9-23(27)39)28(32,29(33,34)35)30(36,37)38/h3-8,16-17,23H,2,9-15H2,1H3,(H,40,41)/t17?,23-,26?,27-/m1/s1. The Morgan fingerprint density at radius 1 is 0.889 bits per heavy atom. The van der Waals surface area contributed by atoms with E-state index in [0.29, 0.717) is 6.07 Å². The number of benzene rings is 2. The number of sulfone groups is 1. The van der Waals surface area contributed by atoms with Gasteiger partial charge in [0.1, 0.15) is 10.6 Å². The lowest BCUT2D eigenvalue weighted by Crippen LogP contribution is -2.55. The molecule has 2 atom stereocenters. The van der Waals surface area contributed by atoms with Crippen molar-refractivity contribution in [2.24, 2.45) is 11.3 Å². The van der Waals surface area contributed by atoms with Crippen LogP contribution in [-0.2, 0) is 36.3 Å². The van der Waals surface area contributed by atoms with Gasteiger partial charge >= 0.3 is 24.0 Å². The third-order valence-corrected chi connectivity index (χ3v) is 12.4. The molecule has 1 heterocycles. The van der Waals surface area contributed by atoms with Gasteiger partial charge in [0.05, 0.1) is 16.9 Å². The number of rotatable bonds is 5. The molecular weight excluding hydrogens is 638 g/mol. The van der Waals surface area contributed by atoms with Gasteiger partial charge in [-0.1, -0.05) is 25.1 Å². The molecule has 0 bridgehead atoms. The van der Waals surface area contributed by atoms with E-state index in [-0.39, 0.29) is 73.6 Å². The number of aliphatic carboxylic acids is 1. The molecule has 0 radical (unpaired) electrons. The van der Waals surface area contributed by atoms with Crippen molar-refractivity contribution in [1.82, 2.24) is 4.90 Å². The Morgan fingerprint density at radius 3 is 2.00 bits per heavy atom. The number of carboxylic acid groups (broad SMARTS) is 1. The zero-order valence-corrected chi connectivity index (χ0v) is 24.6. The van der Waals surface area contributed by atoms with Crippen LogP contribution >= 0.6 is 0 Å². The van der Waals surface area contributed by atoms with Gasteiger partial charge in [-0.25, -0.2) is 17.2 Å². The van der Waals surface area contributed by atoms with Gasteiger partial charge in [0.15, 0.2) is 9.84 Å². The van der Waals surface area contributed by atoms with Gasteiger partial charge in [-0.3, -0.25) is 9.59 Å². The monoisotopic (exact) mass is 667 g/mol. The number of fused-ring (bicyclic) bond motifs is 3. The topological polar surface area (TPSA) is 91.8 Å².